The highest BCUT2D eigenvalue weighted by Gasteiger charge is 1.97. The van der Waals surface area contributed by atoms with Gasteiger partial charge >= 0.3 is 0 Å². The molecule has 2 radical (unpaired) electrons. The van der Waals surface area contributed by atoms with Crippen LogP contribution in [0.5, 0.6) is 0 Å². The molecule has 0 unspecified atom stereocenters. The summed E-state index contributed by atoms with van der Waals surface area (Å²) in [5.41, 5.74) is 5.04. The van der Waals surface area contributed by atoms with Gasteiger partial charge in [0, 0.05) is 0 Å². The summed E-state index contributed by atoms with van der Waals surface area (Å²) in [4.78, 5) is 0. The maximum absolute atomic E-state index is 3.26. The van der Waals surface area contributed by atoms with Gasteiger partial charge in [0.1, 0.15) is 0 Å². The van der Waals surface area contributed by atoms with Gasteiger partial charge in [-0.15, -0.1) is 0 Å². The lowest BCUT2D eigenvalue weighted by Crippen LogP contribution is -1.89. The predicted molar refractivity (Wildman–Crippen MR) is 62.8 cm³/mol. The van der Waals surface area contributed by atoms with Crippen molar-refractivity contribution in [2.75, 3.05) is 0 Å². The molecule has 0 atom stereocenters. The monoisotopic (exact) mass is 194 g/mol. The fourth-order valence-corrected chi connectivity index (χ4v) is 1.70. The fourth-order valence-electron chi connectivity index (χ4n) is 1.70. The van der Waals surface area contributed by atoms with Gasteiger partial charge < -0.3 is 0 Å². The second-order valence-corrected chi connectivity index (χ2v) is 3.96. The average Bonchev–Trinajstić information content (AvgIpc) is 2.17. The lowest BCUT2D eigenvalue weighted by Gasteiger charge is -2.03. The summed E-state index contributed by atoms with van der Waals surface area (Å²) in [6.45, 7) is 4.22. The largest absolute Gasteiger partial charge is 0.0587 e. The van der Waals surface area contributed by atoms with Crippen LogP contribution in [0.1, 0.15) is 22.3 Å². The van der Waals surface area contributed by atoms with Crippen molar-refractivity contribution < 1.29 is 0 Å². The lowest BCUT2D eigenvalue weighted by molar-refractivity contribution is 1.16. The van der Waals surface area contributed by atoms with Gasteiger partial charge in [0.15, 0.2) is 0 Å². The quantitative estimate of drug-likeness (QED) is 0.686. The summed E-state index contributed by atoms with van der Waals surface area (Å²) < 4.78 is 0. The van der Waals surface area contributed by atoms with Crippen molar-refractivity contribution in [2.24, 2.45) is 0 Å². The van der Waals surface area contributed by atoms with Crippen LogP contribution in [-0.4, -0.2) is 0 Å². The number of rotatable bonds is 2. The average molecular weight is 194 g/mol. The summed E-state index contributed by atoms with van der Waals surface area (Å²) in [6.07, 6.45) is 0.920. The molecule has 0 fully saturated rings. The summed E-state index contributed by atoms with van der Waals surface area (Å²) in [5, 5.41) is 0. The van der Waals surface area contributed by atoms with E-state index in [2.05, 4.69) is 50.2 Å². The molecule has 0 aliphatic heterocycles. The van der Waals surface area contributed by atoms with Crippen LogP contribution in [0.25, 0.3) is 0 Å². The molecule has 0 N–H and O–H groups in total. The van der Waals surface area contributed by atoms with E-state index in [0.29, 0.717) is 0 Å². The van der Waals surface area contributed by atoms with Crippen molar-refractivity contribution in [3.63, 3.8) is 0 Å². The number of hydrogen-bond donors (Lipinski definition) is 0. The Balaban J connectivity index is 2.22. The third-order valence-electron chi connectivity index (χ3n) is 2.41. The van der Waals surface area contributed by atoms with Gasteiger partial charge in [-0.3, -0.25) is 0 Å². The molecule has 0 aliphatic carbocycles. The van der Waals surface area contributed by atoms with Crippen molar-refractivity contribution in [1.82, 2.24) is 0 Å². The van der Waals surface area contributed by atoms with Crippen molar-refractivity contribution in [1.29, 1.82) is 0 Å². The maximum atomic E-state index is 3.26. The zero-order valence-electron chi connectivity index (χ0n) is 9.17. The van der Waals surface area contributed by atoms with Crippen LogP contribution in [0.4, 0.5) is 0 Å². The van der Waals surface area contributed by atoms with Crippen LogP contribution in [0.3, 0.4) is 0 Å². The van der Waals surface area contributed by atoms with Gasteiger partial charge in [0.25, 0.3) is 0 Å². The Morgan fingerprint density at radius 1 is 0.867 bits per heavy atom. The first-order valence-corrected chi connectivity index (χ1v) is 5.18. The number of benzene rings is 2. The Bertz CT molecular complexity index is 412. The van der Waals surface area contributed by atoms with Gasteiger partial charge in [0.2, 0.25) is 0 Å². The zero-order valence-corrected chi connectivity index (χ0v) is 9.17. The molecule has 0 heterocycles. The smallest absolute Gasteiger partial charge is 0.00133 e. The van der Waals surface area contributed by atoms with Gasteiger partial charge in [-0.2, -0.15) is 0 Å². The number of aryl methyl sites for hydroxylation is 2. The Morgan fingerprint density at radius 3 is 1.73 bits per heavy atom. The lowest BCUT2D eigenvalue weighted by atomic mass is 10.0. The third kappa shape index (κ3) is 2.69. The highest BCUT2D eigenvalue weighted by atomic mass is 14.0. The summed E-state index contributed by atoms with van der Waals surface area (Å²) in [7, 11) is 0. The summed E-state index contributed by atoms with van der Waals surface area (Å²) in [5.74, 6) is 0. The molecule has 0 aliphatic rings. The molecule has 0 aromatic heterocycles. The second-order valence-electron chi connectivity index (χ2n) is 3.96. The van der Waals surface area contributed by atoms with E-state index in [4.69, 9.17) is 0 Å². The van der Waals surface area contributed by atoms with Crippen molar-refractivity contribution in [3.8, 4) is 0 Å². The highest BCUT2D eigenvalue weighted by Crippen LogP contribution is 2.11. The van der Waals surface area contributed by atoms with Gasteiger partial charge in [-0.1, -0.05) is 47.5 Å². The van der Waals surface area contributed by atoms with Crippen LogP contribution in [0.15, 0.2) is 36.4 Å². The molecule has 0 nitrogen and oxygen atoms in total. The molecule has 0 spiro atoms. The van der Waals surface area contributed by atoms with Crippen LogP contribution < -0.4 is 0 Å². The fraction of sp³-hybridized carbons (Fsp3) is 0.200. The van der Waals surface area contributed by atoms with Crippen LogP contribution in [-0.2, 0) is 6.42 Å². The van der Waals surface area contributed by atoms with Crippen molar-refractivity contribution in [2.45, 2.75) is 20.3 Å². The van der Waals surface area contributed by atoms with Gasteiger partial charge in [0.05, 0.1) is 0 Å². The standard InChI is InChI=1S/C15H14/c1-12-5-3-7-14(9-12)11-15-8-4-6-13(2)10-15/h3-6,9-10H,11H2,1-2H3. The van der Waals surface area contributed by atoms with Crippen molar-refractivity contribution >= 4 is 0 Å². The summed E-state index contributed by atoms with van der Waals surface area (Å²) in [6, 6.07) is 19.0. The summed E-state index contributed by atoms with van der Waals surface area (Å²) >= 11 is 0. The first-order chi connectivity index (χ1) is 7.24. The molecular formula is C15H14. The van der Waals surface area contributed by atoms with Crippen LogP contribution in [0.2, 0.25) is 0 Å². The highest BCUT2D eigenvalue weighted by molar-refractivity contribution is 5.29. The van der Waals surface area contributed by atoms with E-state index in [9.17, 15) is 0 Å². The second kappa shape index (κ2) is 4.31. The van der Waals surface area contributed by atoms with Crippen molar-refractivity contribution in [3.05, 3.63) is 70.8 Å². The Labute approximate surface area is 91.6 Å². The first kappa shape index (κ1) is 9.97. The Kier molecular flexibility index (Phi) is 2.86. The first-order valence-electron chi connectivity index (χ1n) is 5.18. The molecular weight excluding hydrogens is 180 g/mol. The Hall–Kier alpha value is -1.56. The minimum Gasteiger partial charge on any atom is -0.0587 e. The SMILES string of the molecule is Cc1cc[c]c(Cc2[c]ccc(C)c2)c1. The molecule has 74 valence electrons. The minimum absolute atomic E-state index is 0.920. The topological polar surface area (TPSA) is 0 Å². The molecule has 2 rings (SSSR count). The molecule has 0 heteroatoms. The molecule has 15 heavy (non-hydrogen) atoms. The van der Waals surface area contributed by atoms with E-state index in [1.54, 1.807) is 0 Å². The minimum atomic E-state index is 0.920. The normalized spacial score (nSPS) is 10.3. The third-order valence-corrected chi connectivity index (χ3v) is 2.41. The van der Waals surface area contributed by atoms with E-state index < -0.39 is 0 Å². The van der Waals surface area contributed by atoms with E-state index >= 15 is 0 Å². The van der Waals surface area contributed by atoms with E-state index in [1.165, 1.54) is 22.3 Å². The van der Waals surface area contributed by atoms with E-state index in [1.807, 2.05) is 12.1 Å². The molecule has 0 bridgehead atoms. The van der Waals surface area contributed by atoms with E-state index in [-0.39, 0.29) is 0 Å². The van der Waals surface area contributed by atoms with Crippen LogP contribution >= 0.6 is 0 Å². The molecule has 0 amide bonds. The zero-order chi connectivity index (χ0) is 10.7. The molecule has 2 aromatic carbocycles. The predicted octanol–water partition coefficient (Wildman–Crippen LogP) is 3.49. The van der Waals surface area contributed by atoms with Gasteiger partial charge in [-0.05, 0) is 43.5 Å². The Morgan fingerprint density at radius 2 is 1.33 bits per heavy atom. The molecule has 2 aromatic rings. The van der Waals surface area contributed by atoms with Gasteiger partial charge in [-0.25, -0.2) is 0 Å². The molecule has 0 saturated heterocycles. The van der Waals surface area contributed by atoms with E-state index in [0.717, 1.165) is 6.42 Å². The maximum Gasteiger partial charge on any atom is -0.00133 e. The van der Waals surface area contributed by atoms with Crippen LogP contribution in [0, 0.1) is 26.0 Å². The number of hydrogen-bond acceptors (Lipinski definition) is 0. The molecule has 0 saturated carbocycles.